The molecule has 1 fully saturated rings. The van der Waals surface area contributed by atoms with Crippen LogP contribution in [0.3, 0.4) is 0 Å². The zero-order chi connectivity index (χ0) is 21.2. The molecule has 3 nitrogen and oxygen atoms in total. The maximum absolute atomic E-state index is 9.57. The number of unbranched alkanes of at least 4 members (excludes halogenated alkanes) is 4. The summed E-state index contributed by atoms with van der Waals surface area (Å²) in [6.45, 7) is 4.48. The van der Waals surface area contributed by atoms with Crippen molar-refractivity contribution >= 4 is 0 Å². The van der Waals surface area contributed by atoms with Crippen molar-refractivity contribution in [3.63, 3.8) is 0 Å². The summed E-state index contributed by atoms with van der Waals surface area (Å²) in [6, 6.07) is 8.60. The fourth-order valence-electron chi connectivity index (χ4n) is 4.73. The normalized spacial score (nSPS) is 18.8. The van der Waals surface area contributed by atoms with E-state index < -0.39 is 0 Å². The van der Waals surface area contributed by atoms with Crippen LogP contribution in [0.2, 0.25) is 0 Å². The molecule has 160 valence electrons. The maximum Gasteiger partial charge on any atom is 0.131 e. The second kappa shape index (κ2) is 11.8. The minimum atomic E-state index is 0.511. The van der Waals surface area contributed by atoms with Crippen LogP contribution < -0.4 is 0 Å². The molecule has 1 aliphatic rings. The van der Waals surface area contributed by atoms with E-state index in [2.05, 4.69) is 32.0 Å². The molecule has 0 amide bonds. The number of nitriles is 1. The minimum Gasteiger partial charge on any atom is -0.240 e. The predicted molar refractivity (Wildman–Crippen MR) is 124 cm³/mol. The average molecular weight is 404 g/mol. The van der Waals surface area contributed by atoms with Gasteiger partial charge in [-0.3, -0.25) is 0 Å². The molecule has 1 heterocycles. The van der Waals surface area contributed by atoms with Crippen LogP contribution in [0, 0.1) is 17.2 Å². The molecule has 3 heteroatoms. The molecular formula is C27H37N3. The fraction of sp³-hybridized carbons (Fsp3) is 0.593. The molecular weight excluding hydrogens is 366 g/mol. The highest BCUT2D eigenvalue weighted by Crippen LogP contribution is 2.36. The van der Waals surface area contributed by atoms with Crippen LogP contribution >= 0.6 is 0 Å². The van der Waals surface area contributed by atoms with Crippen LogP contribution in [-0.2, 0) is 6.42 Å². The Labute approximate surface area is 183 Å². The number of aryl methyl sites for hydroxylation is 1. The van der Waals surface area contributed by atoms with Crippen LogP contribution in [0.4, 0.5) is 0 Å². The first kappa shape index (κ1) is 22.5. The molecule has 0 unspecified atom stereocenters. The zero-order valence-electron chi connectivity index (χ0n) is 18.9. The predicted octanol–water partition coefficient (Wildman–Crippen LogP) is 7.60. The zero-order valence-corrected chi connectivity index (χ0v) is 18.9. The first-order valence-electron chi connectivity index (χ1n) is 12.1. The fourth-order valence-corrected chi connectivity index (χ4v) is 4.73. The molecule has 0 bridgehead atoms. The second-order valence-corrected chi connectivity index (χ2v) is 8.98. The summed E-state index contributed by atoms with van der Waals surface area (Å²) in [4.78, 5) is 9.45. The van der Waals surface area contributed by atoms with Crippen molar-refractivity contribution < 1.29 is 0 Å². The van der Waals surface area contributed by atoms with Gasteiger partial charge in [0, 0.05) is 23.9 Å². The molecule has 1 aromatic heterocycles. The van der Waals surface area contributed by atoms with E-state index in [0.717, 1.165) is 46.8 Å². The first-order chi connectivity index (χ1) is 14.7. The van der Waals surface area contributed by atoms with Crippen LogP contribution in [0.1, 0.15) is 107 Å². The Hall–Kier alpha value is -2.21. The molecule has 1 aliphatic carbocycles. The summed E-state index contributed by atoms with van der Waals surface area (Å²) in [5.41, 5.74) is 3.98. The lowest BCUT2D eigenvalue weighted by atomic mass is 9.79. The Bertz CT molecular complexity index is 811. The van der Waals surface area contributed by atoms with E-state index in [-0.39, 0.29) is 0 Å². The molecule has 0 radical (unpaired) electrons. The third-order valence-electron chi connectivity index (χ3n) is 6.71. The number of hydrogen-bond acceptors (Lipinski definition) is 3. The molecule has 0 atom stereocenters. The van der Waals surface area contributed by atoms with Gasteiger partial charge in [0.05, 0.1) is 11.6 Å². The van der Waals surface area contributed by atoms with E-state index in [0.29, 0.717) is 5.92 Å². The van der Waals surface area contributed by atoms with Gasteiger partial charge >= 0.3 is 0 Å². The van der Waals surface area contributed by atoms with Crippen molar-refractivity contribution in [3.05, 3.63) is 47.5 Å². The molecule has 0 spiro atoms. The Kier molecular flexibility index (Phi) is 8.87. The van der Waals surface area contributed by atoms with Gasteiger partial charge in [0.15, 0.2) is 0 Å². The highest BCUT2D eigenvalue weighted by molar-refractivity contribution is 5.64. The highest BCUT2D eigenvalue weighted by atomic mass is 14.9. The summed E-state index contributed by atoms with van der Waals surface area (Å²) in [7, 11) is 0. The summed E-state index contributed by atoms with van der Waals surface area (Å²) in [5.74, 6) is 2.42. The van der Waals surface area contributed by atoms with Gasteiger partial charge < -0.3 is 0 Å². The third kappa shape index (κ3) is 6.14. The number of rotatable bonds is 10. The Morgan fingerprint density at radius 2 is 1.60 bits per heavy atom. The van der Waals surface area contributed by atoms with Crippen molar-refractivity contribution in [3.8, 4) is 17.2 Å². The maximum atomic E-state index is 9.57. The average Bonchev–Trinajstić information content (AvgIpc) is 2.80. The van der Waals surface area contributed by atoms with E-state index in [9.17, 15) is 5.26 Å². The van der Waals surface area contributed by atoms with Gasteiger partial charge in [-0.1, -0.05) is 64.5 Å². The molecule has 0 N–H and O–H groups in total. The van der Waals surface area contributed by atoms with Crippen molar-refractivity contribution in [2.24, 2.45) is 5.92 Å². The van der Waals surface area contributed by atoms with Crippen LogP contribution in [-0.4, -0.2) is 9.97 Å². The molecule has 2 aromatic rings. The van der Waals surface area contributed by atoms with Crippen LogP contribution in [0.15, 0.2) is 30.6 Å². The SMILES string of the molecule is CCCCCc1ccc(-c2cnc(C3CCC(CCCCC)CC3)nc2)cc1C#N. The monoisotopic (exact) mass is 403 g/mol. The van der Waals surface area contributed by atoms with Crippen LogP contribution in [0.5, 0.6) is 0 Å². The quantitative estimate of drug-likeness (QED) is 0.384. The smallest absolute Gasteiger partial charge is 0.131 e. The largest absolute Gasteiger partial charge is 0.240 e. The number of aromatic nitrogens is 2. The van der Waals surface area contributed by atoms with E-state index in [1.54, 1.807) is 0 Å². The Morgan fingerprint density at radius 3 is 2.27 bits per heavy atom. The molecule has 1 aromatic carbocycles. The van der Waals surface area contributed by atoms with E-state index in [4.69, 9.17) is 9.97 Å². The number of nitrogens with zero attached hydrogens (tertiary/aromatic N) is 3. The van der Waals surface area contributed by atoms with Gasteiger partial charge in [-0.25, -0.2) is 9.97 Å². The molecule has 30 heavy (non-hydrogen) atoms. The lowest BCUT2D eigenvalue weighted by Crippen LogP contribution is -2.15. The summed E-state index contributed by atoms with van der Waals surface area (Å²) in [5, 5.41) is 9.57. The van der Waals surface area contributed by atoms with Gasteiger partial charge in [-0.15, -0.1) is 0 Å². The first-order valence-corrected chi connectivity index (χ1v) is 12.1. The van der Waals surface area contributed by atoms with Gasteiger partial charge in [-0.2, -0.15) is 5.26 Å². The van der Waals surface area contributed by atoms with E-state index in [1.807, 2.05) is 18.5 Å². The Balaban J connectivity index is 1.60. The summed E-state index contributed by atoms with van der Waals surface area (Å²) in [6.07, 6.45) is 19.0. The van der Waals surface area contributed by atoms with Crippen molar-refractivity contribution in [1.29, 1.82) is 5.26 Å². The lowest BCUT2D eigenvalue weighted by Gasteiger charge is -2.27. The summed E-state index contributed by atoms with van der Waals surface area (Å²) >= 11 is 0. The number of benzene rings is 1. The van der Waals surface area contributed by atoms with E-state index in [1.165, 1.54) is 64.2 Å². The standard InChI is InChI=1S/C27H37N3/c1-3-5-7-9-21-11-13-23(14-12-21)27-29-19-26(20-30-27)24-16-15-22(10-8-6-4-2)25(17-24)18-28/h15-17,19-21,23H,3-14H2,1-2H3. The van der Waals surface area contributed by atoms with Gasteiger partial charge in [-0.05, 0) is 61.6 Å². The van der Waals surface area contributed by atoms with Gasteiger partial charge in [0.2, 0.25) is 0 Å². The summed E-state index contributed by atoms with van der Waals surface area (Å²) < 4.78 is 0. The van der Waals surface area contributed by atoms with Gasteiger partial charge in [0.1, 0.15) is 5.82 Å². The number of hydrogen-bond donors (Lipinski definition) is 0. The topological polar surface area (TPSA) is 49.6 Å². The minimum absolute atomic E-state index is 0.511. The third-order valence-corrected chi connectivity index (χ3v) is 6.71. The lowest BCUT2D eigenvalue weighted by molar-refractivity contribution is 0.297. The van der Waals surface area contributed by atoms with Gasteiger partial charge in [0.25, 0.3) is 0 Å². The van der Waals surface area contributed by atoms with Crippen molar-refractivity contribution in [2.45, 2.75) is 96.8 Å². The van der Waals surface area contributed by atoms with Crippen molar-refractivity contribution in [2.75, 3.05) is 0 Å². The second-order valence-electron chi connectivity index (χ2n) is 8.98. The highest BCUT2D eigenvalue weighted by Gasteiger charge is 2.23. The van der Waals surface area contributed by atoms with E-state index >= 15 is 0 Å². The molecule has 3 rings (SSSR count). The molecule has 0 saturated heterocycles. The van der Waals surface area contributed by atoms with Crippen LogP contribution in [0.25, 0.3) is 11.1 Å². The Morgan fingerprint density at radius 1 is 0.900 bits per heavy atom. The molecule has 1 saturated carbocycles. The molecule has 0 aliphatic heterocycles. The van der Waals surface area contributed by atoms with Crippen molar-refractivity contribution in [1.82, 2.24) is 9.97 Å².